The van der Waals surface area contributed by atoms with E-state index < -0.39 is 6.10 Å². The third-order valence-electron chi connectivity index (χ3n) is 5.21. The van der Waals surface area contributed by atoms with E-state index in [9.17, 15) is 5.11 Å². The molecule has 0 aromatic heterocycles. The van der Waals surface area contributed by atoms with Gasteiger partial charge in [0.25, 0.3) is 0 Å². The smallest absolute Gasteiger partial charge is 0.119 e. The van der Waals surface area contributed by atoms with E-state index in [1.807, 2.05) is 30.3 Å². The summed E-state index contributed by atoms with van der Waals surface area (Å²) >= 11 is 0. The summed E-state index contributed by atoms with van der Waals surface area (Å²) in [4.78, 5) is 2.28. The number of aliphatic hydroxyl groups is 2. The molecule has 3 aromatic carbocycles. The van der Waals surface area contributed by atoms with Gasteiger partial charge in [0.2, 0.25) is 0 Å². The average Bonchev–Trinajstić information content (AvgIpc) is 2.85. The van der Waals surface area contributed by atoms with E-state index in [-0.39, 0.29) is 13.2 Å². The number of ether oxygens (including phenoxy) is 1. The topological polar surface area (TPSA) is 52.9 Å². The van der Waals surface area contributed by atoms with Crippen LogP contribution in [0.3, 0.4) is 0 Å². The highest BCUT2D eigenvalue weighted by Crippen LogP contribution is 2.33. The van der Waals surface area contributed by atoms with Gasteiger partial charge in [-0.2, -0.15) is 0 Å². The third kappa shape index (κ3) is 5.23. The maximum absolute atomic E-state index is 9.41. The summed E-state index contributed by atoms with van der Waals surface area (Å²) in [6.45, 7) is -0.235. The number of anilines is 2. The molecule has 31 heavy (non-hydrogen) atoms. The first kappa shape index (κ1) is 20.9. The summed E-state index contributed by atoms with van der Waals surface area (Å²) in [7, 11) is 0. The zero-order valence-corrected chi connectivity index (χ0v) is 17.4. The maximum Gasteiger partial charge on any atom is 0.119 e. The molecule has 3 aromatic rings. The highest BCUT2D eigenvalue weighted by atomic mass is 16.5. The zero-order valence-electron chi connectivity index (χ0n) is 17.4. The Hall–Kier alpha value is -3.34. The van der Waals surface area contributed by atoms with Crippen molar-refractivity contribution in [3.05, 3.63) is 103 Å². The van der Waals surface area contributed by atoms with Gasteiger partial charge in [0, 0.05) is 17.1 Å². The molecule has 4 heteroatoms. The predicted molar refractivity (Wildman–Crippen MR) is 126 cm³/mol. The lowest BCUT2D eigenvalue weighted by Gasteiger charge is -2.27. The second-order valence-electron chi connectivity index (χ2n) is 7.50. The zero-order chi connectivity index (χ0) is 21.5. The lowest BCUT2D eigenvalue weighted by Crippen LogP contribution is -2.21. The minimum atomic E-state index is -0.867. The molecular weight excluding hydrogens is 386 g/mol. The van der Waals surface area contributed by atoms with Gasteiger partial charge in [0.15, 0.2) is 0 Å². The summed E-state index contributed by atoms with van der Waals surface area (Å²) < 4.78 is 5.49. The van der Waals surface area contributed by atoms with Crippen LogP contribution in [0.5, 0.6) is 5.75 Å². The standard InChI is InChI=1S/C27H27NO3/c29-19-26(30)20-31-27-17-13-22(14-18-27)21-11-15-25(16-12-21)28(23-7-3-1-4-8-23)24-9-5-2-6-10-24/h1,3-5,7-18,26,29-30H,2,6,19-20H2. The Balaban J connectivity index is 1.55. The highest BCUT2D eigenvalue weighted by Gasteiger charge is 2.14. The van der Waals surface area contributed by atoms with Gasteiger partial charge in [-0.25, -0.2) is 0 Å². The summed E-state index contributed by atoms with van der Waals surface area (Å²) in [5.41, 5.74) is 5.65. The van der Waals surface area contributed by atoms with Gasteiger partial charge >= 0.3 is 0 Å². The highest BCUT2D eigenvalue weighted by molar-refractivity contribution is 5.73. The molecule has 4 rings (SSSR count). The quantitative estimate of drug-likeness (QED) is 0.515. The van der Waals surface area contributed by atoms with Crippen molar-refractivity contribution < 1.29 is 14.9 Å². The van der Waals surface area contributed by atoms with Crippen LogP contribution in [-0.2, 0) is 0 Å². The molecule has 0 spiro atoms. The van der Waals surface area contributed by atoms with E-state index >= 15 is 0 Å². The minimum absolute atomic E-state index is 0.0736. The van der Waals surface area contributed by atoms with E-state index in [1.165, 1.54) is 5.70 Å². The van der Waals surface area contributed by atoms with Gasteiger partial charge in [-0.05, 0) is 66.4 Å². The van der Waals surface area contributed by atoms with Crippen molar-refractivity contribution in [2.45, 2.75) is 18.9 Å². The molecule has 0 bridgehead atoms. The molecule has 0 amide bonds. The van der Waals surface area contributed by atoms with Gasteiger partial charge in [0.05, 0.1) is 6.61 Å². The van der Waals surface area contributed by atoms with Gasteiger partial charge in [-0.15, -0.1) is 0 Å². The monoisotopic (exact) mass is 413 g/mol. The number of benzene rings is 3. The van der Waals surface area contributed by atoms with Gasteiger partial charge in [-0.3, -0.25) is 0 Å². The first-order valence-electron chi connectivity index (χ1n) is 10.6. The van der Waals surface area contributed by atoms with Crippen LogP contribution in [0, 0.1) is 0 Å². The van der Waals surface area contributed by atoms with Gasteiger partial charge < -0.3 is 19.8 Å². The molecule has 0 aliphatic heterocycles. The fourth-order valence-corrected chi connectivity index (χ4v) is 3.58. The summed E-state index contributed by atoms with van der Waals surface area (Å²) in [5, 5.41) is 18.3. The number of rotatable bonds is 8. The summed E-state index contributed by atoms with van der Waals surface area (Å²) in [6, 6.07) is 26.7. The SMILES string of the molecule is OCC(O)COc1ccc(-c2ccc(N(C3=CCCC=C3)c3ccccc3)cc2)cc1. The lowest BCUT2D eigenvalue weighted by atomic mass is 10.0. The first-order valence-corrected chi connectivity index (χ1v) is 10.6. The van der Waals surface area contributed by atoms with Crippen LogP contribution in [0.2, 0.25) is 0 Å². The number of aliphatic hydroxyl groups excluding tert-OH is 2. The van der Waals surface area contributed by atoms with Crippen molar-refractivity contribution >= 4 is 11.4 Å². The summed E-state index contributed by atoms with van der Waals surface area (Å²) in [5.74, 6) is 0.666. The van der Waals surface area contributed by atoms with E-state index in [0.717, 1.165) is 35.3 Å². The fourth-order valence-electron chi connectivity index (χ4n) is 3.58. The molecule has 0 saturated carbocycles. The third-order valence-corrected chi connectivity index (χ3v) is 5.21. The largest absolute Gasteiger partial charge is 0.491 e. The Morgan fingerprint density at radius 1 is 0.806 bits per heavy atom. The number of nitrogens with zero attached hydrogens (tertiary/aromatic N) is 1. The summed E-state index contributed by atoms with van der Waals surface area (Å²) in [6.07, 6.45) is 7.97. The van der Waals surface area contributed by atoms with E-state index in [4.69, 9.17) is 9.84 Å². The Morgan fingerprint density at radius 2 is 1.45 bits per heavy atom. The molecule has 0 radical (unpaired) electrons. The van der Waals surface area contributed by atoms with E-state index in [2.05, 4.69) is 71.7 Å². The fraction of sp³-hybridized carbons (Fsp3) is 0.185. The van der Waals surface area contributed by atoms with Gasteiger partial charge in [0.1, 0.15) is 18.5 Å². The van der Waals surface area contributed by atoms with Crippen LogP contribution in [-0.4, -0.2) is 29.5 Å². The molecule has 158 valence electrons. The molecule has 4 nitrogen and oxygen atoms in total. The normalized spacial score (nSPS) is 14.1. The van der Waals surface area contributed by atoms with Crippen LogP contribution in [0.1, 0.15) is 12.8 Å². The maximum atomic E-state index is 9.41. The second-order valence-corrected chi connectivity index (χ2v) is 7.50. The Bertz CT molecular complexity index is 1020. The Kier molecular flexibility index (Phi) is 6.82. The second kappa shape index (κ2) is 10.1. The van der Waals surface area contributed by atoms with Crippen LogP contribution < -0.4 is 9.64 Å². The van der Waals surface area contributed by atoms with Crippen molar-refractivity contribution in [3.63, 3.8) is 0 Å². The molecule has 0 saturated heterocycles. The first-order chi connectivity index (χ1) is 15.2. The van der Waals surface area contributed by atoms with Crippen molar-refractivity contribution in [2.24, 2.45) is 0 Å². The molecule has 1 aliphatic carbocycles. The number of hydrogen-bond donors (Lipinski definition) is 2. The molecule has 1 aliphatic rings. The predicted octanol–water partition coefficient (Wildman–Crippen LogP) is 5.46. The molecular formula is C27H27NO3. The van der Waals surface area contributed by atoms with Crippen molar-refractivity contribution in [3.8, 4) is 16.9 Å². The van der Waals surface area contributed by atoms with E-state index in [1.54, 1.807) is 0 Å². The van der Waals surface area contributed by atoms with E-state index in [0.29, 0.717) is 5.75 Å². The van der Waals surface area contributed by atoms with Crippen LogP contribution in [0.15, 0.2) is 103 Å². The average molecular weight is 414 g/mol. The number of allylic oxidation sites excluding steroid dienone is 3. The lowest BCUT2D eigenvalue weighted by molar-refractivity contribution is 0.0536. The number of hydrogen-bond acceptors (Lipinski definition) is 4. The number of para-hydroxylation sites is 1. The Labute approximate surface area is 183 Å². The van der Waals surface area contributed by atoms with Crippen LogP contribution in [0.4, 0.5) is 11.4 Å². The minimum Gasteiger partial charge on any atom is -0.491 e. The van der Waals surface area contributed by atoms with Crippen LogP contribution in [0.25, 0.3) is 11.1 Å². The molecule has 1 unspecified atom stereocenters. The molecule has 2 N–H and O–H groups in total. The van der Waals surface area contributed by atoms with Crippen molar-refractivity contribution in [1.29, 1.82) is 0 Å². The van der Waals surface area contributed by atoms with Gasteiger partial charge in [-0.1, -0.05) is 54.6 Å². The van der Waals surface area contributed by atoms with Crippen LogP contribution >= 0.6 is 0 Å². The molecule has 0 fully saturated rings. The van der Waals surface area contributed by atoms with Crippen molar-refractivity contribution in [1.82, 2.24) is 0 Å². The van der Waals surface area contributed by atoms with Crippen molar-refractivity contribution in [2.75, 3.05) is 18.1 Å². The Morgan fingerprint density at radius 3 is 2.06 bits per heavy atom. The molecule has 0 heterocycles. The molecule has 1 atom stereocenters.